The average Bonchev–Trinajstić information content (AvgIpc) is 2.60. The molecule has 2 nitrogen and oxygen atoms in total. The molecule has 0 radical (unpaired) electrons. The van der Waals surface area contributed by atoms with Gasteiger partial charge in [-0.25, -0.2) is 4.68 Å². The second-order valence-corrected chi connectivity index (χ2v) is 4.67. The molecule has 16 heavy (non-hydrogen) atoms. The van der Waals surface area contributed by atoms with Gasteiger partial charge in [0.1, 0.15) is 0 Å². The van der Waals surface area contributed by atoms with Gasteiger partial charge in [0.05, 0.1) is 11.9 Å². The van der Waals surface area contributed by atoms with Crippen LogP contribution in [0.1, 0.15) is 31.0 Å². The molecule has 0 aliphatic carbocycles. The zero-order chi connectivity index (χ0) is 11.7. The largest absolute Gasteiger partial charge is 0.238 e. The number of rotatable bonds is 2. The molecule has 1 aromatic heterocycles. The lowest BCUT2D eigenvalue weighted by atomic mass is 10.1. The Morgan fingerprint density at radius 2 is 2.06 bits per heavy atom. The molecule has 0 saturated carbocycles. The molecule has 0 fully saturated rings. The van der Waals surface area contributed by atoms with Gasteiger partial charge in [-0.1, -0.05) is 31.5 Å². The van der Waals surface area contributed by atoms with Crippen LogP contribution in [0.2, 0.25) is 5.02 Å². The smallest absolute Gasteiger partial charge is 0.0663 e. The van der Waals surface area contributed by atoms with E-state index in [2.05, 4.69) is 25.9 Å². The Kier molecular flexibility index (Phi) is 3.01. The number of nitrogens with zero attached hydrogens (tertiary/aromatic N) is 2. The monoisotopic (exact) mass is 234 g/mol. The maximum absolute atomic E-state index is 5.98. The highest BCUT2D eigenvalue weighted by molar-refractivity contribution is 6.30. The summed E-state index contributed by atoms with van der Waals surface area (Å²) in [7, 11) is 0. The van der Waals surface area contributed by atoms with Crippen LogP contribution < -0.4 is 0 Å². The third-order valence-corrected chi connectivity index (χ3v) is 2.96. The quantitative estimate of drug-likeness (QED) is 0.769. The van der Waals surface area contributed by atoms with E-state index in [9.17, 15) is 0 Å². The van der Waals surface area contributed by atoms with Crippen molar-refractivity contribution in [2.45, 2.75) is 26.7 Å². The molecule has 0 unspecified atom stereocenters. The minimum atomic E-state index is 0.493. The summed E-state index contributed by atoms with van der Waals surface area (Å²) >= 11 is 5.98. The predicted molar refractivity (Wildman–Crippen MR) is 67.4 cm³/mol. The first-order chi connectivity index (χ1) is 7.59. The molecule has 0 aliphatic heterocycles. The van der Waals surface area contributed by atoms with Gasteiger partial charge in [0.15, 0.2) is 0 Å². The summed E-state index contributed by atoms with van der Waals surface area (Å²) in [5.41, 5.74) is 3.47. The predicted octanol–water partition coefficient (Wildman–Crippen LogP) is 3.96. The first-order valence-electron chi connectivity index (χ1n) is 5.40. The topological polar surface area (TPSA) is 17.8 Å². The molecular formula is C13H15ClN2. The standard InChI is InChI=1S/C13H15ClN2/c1-9(2)13-8-15-16(10(13)3)12-6-4-5-11(14)7-12/h4-9H,1-3H3. The SMILES string of the molecule is Cc1c(C(C)C)cnn1-c1cccc(Cl)c1. The summed E-state index contributed by atoms with van der Waals surface area (Å²) in [6, 6.07) is 7.74. The highest BCUT2D eigenvalue weighted by Crippen LogP contribution is 2.22. The summed E-state index contributed by atoms with van der Waals surface area (Å²) in [6.45, 7) is 6.43. The molecule has 0 amide bonds. The Labute approximate surface area is 101 Å². The Balaban J connectivity index is 2.49. The Hall–Kier alpha value is -1.28. The zero-order valence-electron chi connectivity index (χ0n) is 9.74. The van der Waals surface area contributed by atoms with Crippen molar-refractivity contribution in [1.29, 1.82) is 0 Å². The zero-order valence-corrected chi connectivity index (χ0v) is 10.5. The number of hydrogen-bond acceptors (Lipinski definition) is 1. The molecular weight excluding hydrogens is 220 g/mol. The van der Waals surface area contributed by atoms with Crippen LogP contribution >= 0.6 is 11.6 Å². The van der Waals surface area contributed by atoms with Crippen molar-refractivity contribution in [1.82, 2.24) is 9.78 Å². The Bertz CT molecular complexity index is 500. The van der Waals surface area contributed by atoms with Crippen LogP contribution in [0, 0.1) is 6.92 Å². The minimum absolute atomic E-state index is 0.493. The van der Waals surface area contributed by atoms with Gasteiger partial charge in [0.2, 0.25) is 0 Å². The first-order valence-corrected chi connectivity index (χ1v) is 5.78. The molecule has 0 aliphatic rings. The lowest BCUT2D eigenvalue weighted by Crippen LogP contribution is -1.99. The normalized spacial score (nSPS) is 11.1. The third kappa shape index (κ3) is 1.98. The average molecular weight is 235 g/mol. The minimum Gasteiger partial charge on any atom is -0.238 e. The van der Waals surface area contributed by atoms with Gasteiger partial charge >= 0.3 is 0 Å². The van der Waals surface area contributed by atoms with Crippen molar-refractivity contribution in [2.24, 2.45) is 0 Å². The summed E-state index contributed by atoms with van der Waals surface area (Å²) in [6.07, 6.45) is 1.93. The number of aromatic nitrogens is 2. The molecule has 2 aromatic rings. The van der Waals surface area contributed by atoms with Crippen molar-refractivity contribution in [3.8, 4) is 5.69 Å². The van der Waals surface area contributed by atoms with Gasteiger partial charge < -0.3 is 0 Å². The summed E-state index contributed by atoms with van der Waals surface area (Å²) < 4.78 is 1.93. The maximum Gasteiger partial charge on any atom is 0.0663 e. The van der Waals surface area contributed by atoms with Crippen LogP contribution in [-0.2, 0) is 0 Å². The summed E-state index contributed by atoms with van der Waals surface area (Å²) in [4.78, 5) is 0. The molecule has 2 rings (SSSR count). The Morgan fingerprint density at radius 1 is 1.31 bits per heavy atom. The molecule has 0 N–H and O–H groups in total. The van der Waals surface area contributed by atoms with E-state index in [0.29, 0.717) is 5.92 Å². The van der Waals surface area contributed by atoms with Crippen LogP contribution in [-0.4, -0.2) is 9.78 Å². The van der Waals surface area contributed by atoms with E-state index >= 15 is 0 Å². The van der Waals surface area contributed by atoms with Crippen LogP contribution in [0.4, 0.5) is 0 Å². The molecule has 0 saturated heterocycles. The van der Waals surface area contributed by atoms with Crippen molar-refractivity contribution >= 4 is 11.6 Å². The summed E-state index contributed by atoms with van der Waals surface area (Å²) in [5, 5.41) is 5.14. The number of hydrogen-bond donors (Lipinski definition) is 0. The van der Waals surface area contributed by atoms with E-state index in [1.165, 1.54) is 11.3 Å². The van der Waals surface area contributed by atoms with Crippen LogP contribution in [0.15, 0.2) is 30.5 Å². The van der Waals surface area contributed by atoms with Crippen molar-refractivity contribution in [3.63, 3.8) is 0 Å². The van der Waals surface area contributed by atoms with E-state index < -0.39 is 0 Å². The fourth-order valence-electron chi connectivity index (χ4n) is 1.86. The fraction of sp³-hybridized carbons (Fsp3) is 0.308. The molecule has 0 bridgehead atoms. The summed E-state index contributed by atoms with van der Waals surface area (Å²) in [5.74, 6) is 0.493. The van der Waals surface area contributed by atoms with Crippen molar-refractivity contribution < 1.29 is 0 Å². The highest BCUT2D eigenvalue weighted by atomic mass is 35.5. The lowest BCUT2D eigenvalue weighted by molar-refractivity contribution is 0.823. The van der Waals surface area contributed by atoms with Crippen molar-refractivity contribution in [2.75, 3.05) is 0 Å². The first kappa shape index (κ1) is 11.2. The number of halogens is 1. The van der Waals surface area contributed by atoms with Gasteiger partial charge in [-0.05, 0) is 36.6 Å². The van der Waals surface area contributed by atoms with Gasteiger partial charge in [-0.3, -0.25) is 0 Å². The second kappa shape index (κ2) is 4.30. The van der Waals surface area contributed by atoms with E-state index in [1.807, 2.05) is 35.1 Å². The van der Waals surface area contributed by atoms with Gasteiger partial charge in [0.25, 0.3) is 0 Å². The third-order valence-electron chi connectivity index (χ3n) is 2.72. The molecule has 0 spiro atoms. The fourth-order valence-corrected chi connectivity index (χ4v) is 2.04. The van der Waals surface area contributed by atoms with E-state index in [-0.39, 0.29) is 0 Å². The van der Waals surface area contributed by atoms with E-state index in [4.69, 9.17) is 11.6 Å². The number of benzene rings is 1. The molecule has 3 heteroatoms. The van der Waals surface area contributed by atoms with Crippen LogP contribution in [0.25, 0.3) is 5.69 Å². The lowest BCUT2D eigenvalue weighted by Gasteiger charge is -2.07. The molecule has 84 valence electrons. The molecule has 1 heterocycles. The van der Waals surface area contributed by atoms with Gasteiger partial charge in [-0.15, -0.1) is 0 Å². The second-order valence-electron chi connectivity index (χ2n) is 4.23. The maximum atomic E-state index is 5.98. The molecule has 0 atom stereocenters. The van der Waals surface area contributed by atoms with Gasteiger partial charge in [0, 0.05) is 10.7 Å². The van der Waals surface area contributed by atoms with Crippen LogP contribution in [0.5, 0.6) is 0 Å². The Morgan fingerprint density at radius 3 is 2.62 bits per heavy atom. The van der Waals surface area contributed by atoms with E-state index in [1.54, 1.807) is 0 Å². The van der Waals surface area contributed by atoms with Crippen molar-refractivity contribution in [3.05, 3.63) is 46.7 Å². The van der Waals surface area contributed by atoms with Gasteiger partial charge in [-0.2, -0.15) is 5.10 Å². The van der Waals surface area contributed by atoms with E-state index in [0.717, 1.165) is 10.7 Å². The van der Waals surface area contributed by atoms with Crippen LogP contribution in [0.3, 0.4) is 0 Å². The highest BCUT2D eigenvalue weighted by Gasteiger charge is 2.10. The molecule has 1 aromatic carbocycles.